The smallest absolute Gasteiger partial charge is 0.237 e. The molecule has 1 amide bonds. The number of amides is 1. The topological polar surface area (TPSA) is 70.2 Å². The zero-order chi connectivity index (χ0) is 19.5. The lowest BCUT2D eigenvalue weighted by Gasteiger charge is -2.41. The monoisotopic (exact) mass is 378 g/mol. The Morgan fingerprint density at radius 3 is 2.71 bits per heavy atom. The molecule has 6 nitrogen and oxygen atoms in total. The highest BCUT2D eigenvalue weighted by Gasteiger charge is 2.35. The summed E-state index contributed by atoms with van der Waals surface area (Å²) in [7, 11) is 1.66. The number of likely N-dealkylation sites (tertiary alicyclic amines) is 1. The maximum atomic E-state index is 12.5. The van der Waals surface area contributed by atoms with E-state index in [0.717, 1.165) is 42.1 Å². The molecule has 146 valence electrons. The molecule has 0 spiro atoms. The van der Waals surface area contributed by atoms with Crippen LogP contribution < -0.4 is 10.1 Å². The number of fused-ring (bicyclic) bond motifs is 1. The lowest BCUT2D eigenvalue weighted by molar-refractivity contribution is -0.127. The second-order valence-corrected chi connectivity index (χ2v) is 7.36. The number of hydrogen-bond donors (Lipinski definition) is 2. The Bertz CT molecular complexity index is 912. The van der Waals surface area contributed by atoms with Gasteiger partial charge in [-0.15, -0.1) is 0 Å². The van der Waals surface area contributed by atoms with E-state index < -0.39 is 0 Å². The van der Waals surface area contributed by atoms with Gasteiger partial charge in [-0.3, -0.25) is 9.69 Å². The average Bonchev–Trinajstić information content (AvgIpc) is 3.10. The Morgan fingerprint density at radius 1 is 1.25 bits per heavy atom. The van der Waals surface area contributed by atoms with Crippen molar-refractivity contribution in [3.05, 3.63) is 59.9 Å². The minimum atomic E-state index is -0.128. The molecule has 1 aliphatic rings. The first-order valence-electron chi connectivity index (χ1n) is 9.73. The maximum Gasteiger partial charge on any atom is 0.237 e. The van der Waals surface area contributed by atoms with Crippen molar-refractivity contribution < 1.29 is 9.53 Å². The molecule has 0 radical (unpaired) electrons. The molecule has 3 aromatic rings. The number of nitrogens with zero attached hydrogens (tertiary/aromatic N) is 2. The summed E-state index contributed by atoms with van der Waals surface area (Å²) in [6, 6.07) is 15.9. The first-order valence-corrected chi connectivity index (χ1v) is 9.73. The van der Waals surface area contributed by atoms with Crippen LogP contribution in [0.4, 0.5) is 0 Å². The Kier molecular flexibility index (Phi) is 5.30. The summed E-state index contributed by atoms with van der Waals surface area (Å²) in [5, 5.41) is 3.05. The number of imidazole rings is 1. The second kappa shape index (κ2) is 8.02. The minimum absolute atomic E-state index is 0.0802. The molecule has 1 aromatic heterocycles. The van der Waals surface area contributed by atoms with Crippen LogP contribution in [0, 0.1) is 0 Å². The number of methoxy groups -OCH3 is 1. The highest BCUT2D eigenvalue weighted by molar-refractivity contribution is 5.81. The van der Waals surface area contributed by atoms with Crippen LogP contribution in [0.5, 0.6) is 5.75 Å². The van der Waals surface area contributed by atoms with Crippen LogP contribution in [0.3, 0.4) is 0 Å². The zero-order valence-electron chi connectivity index (χ0n) is 16.3. The number of ether oxygens (including phenoxy) is 1. The van der Waals surface area contributed by atoms with E-state index in [-0.39, 0.29) is 11.9 Å². The molecule has 4 rings (SSSR count). The summed E-state index contributed by atoms with van der Waals surface area (Å²) >= 11 is 0. The SMILES string of the molecule is COc1ccc(CCNC(=O)C(C)N2CC(c3nc4ccccc4[nH]3)C2)cc1. The number of aromatic nitrogens is 2. The molecular weight excluding hydrogens is 352 g/mol. The van der Waals surface area contributed by atoms with E-state index in [2.05, 4.69) is 20.2 Å². The zero-order valence-corrected chi connectivity index (χ0v) is 16.3. The van der Waals surface area contributed by atoms with Gasteiger partial charge in [0.25, 0.3) is 0 Å². The molecule has 0 aliphatic carbocycles. The number of carbonyl (C=O) groups excluding carboxylic acids is 1. The summed E-state index contributed by atoms with van der Waals surface area (Å²) in [6.07, 6.45) is 0.810. The first kappa shape index (κ1) is 18.5. The van der Waals surface area contributed by atoms with Crippen molar-refractivity contribution in [2.75, 3.05) is 26.7 Å². The summed E-state index contributed by atoms with van der Waals surface area (Å²) in [5.41, 5.74) is 3.25. The quantitative estimate of drug-likeness (QED) is 0.663. The molecule has 1 fully saturated rings. The summed E-state index contributed by atoms with van der Waals surface area (Å²) in [6.45, 7) is 4.31. The Morgan fingerprint density at radius 2 is 2.00 bits per heavy atom. The molecule has 1 saturated heterocycles. The van der Waals surface area contributed by atoms with Crippen LogP contribution >= 0.6 is 0 Å². The van der Waals surface area contributed by atoms with E-state index in [1.807, 2.05) is 55.5 Å². The first-order chi connectivity index (χ1) is 13.6. The van der Waals surface area contributed by atoms with E-state index in [1.165, 1.54) is 5.56 Å². The Hall–Kier alpha value is -2.86. The van der Waals surface area contributed by atoms with Crippen molar-refractivity contribution in [3.8, 4) is 5.75 Å². The number of rotatable bonds is 7. The van der Waals surface area contributed by atoms with Gasteiger partial charge in [0.15, 0.2) is 0 Å². The van der Waals surface area contributed by atoms with Gasteiger partial charge in [-0.1, -0.05) is 24.3 Å². The lowest BCUT2D eigenvalue weighted by Crippen LogP contribution is -2.55. The van der Waals surface area contributed by atoms with Crippen molar-refractivity contribution in [1.29, 1.82) is 0 Å². The molecule has 1 atom stereocenters. The molecule has 28 heavy (non-hydrogen) atoms. The van der Waals surface area contributed by atoms with Gasteiger partial charge in [-0.2, -0.15) is 0 Å². The van der Waals surface area contributed by atoms with Crippen molar-refractivity contribution in [1.82, 2.24) is 20.2 Å². The fourth-order valence-corrected chi connectivity index (χ4v) is 3.60. The molecule has 2 N–H and O–H groups in total. The van der Waals surface area contributed by atoms with Crippen molar-refractivity contribution in [2.45, 2.75) is 25.3 Å². The Labute approximate surface area is 164 Å². The number of H-pyrrole nitrogens is 1. The molecule has 1 unspecified atom stereocenters. The number of hydrogen-bond acceptors (Lipinski definition) is 4. The standard InChI is InChI=1S/C22H26N4O2/c1-15(22(27)23-12-11-16-7-9-18(28-2)10-8-16)26-13-17(14-26)21-24-19-5-3-4-6-20(19)25-21/h3-10,15,17H,11-14H2,1-2H3,(H,23,27)(H,24,25). The Balaban J connectivity index is 1.23. The van der Waals surface area contributed by atoms with Crippen molar-refractivity contribution >= 4 is 16.9 Å². The summed E-state index contributed by atoms with van der Waals surface area (Å²) in [5.74, 6) is 2.31. The van der Waals surface area contributed by atoms with Crippen LogP contribution in [-0.4, -0.2) is 53.6 Å². The third-order valence-corrected chi connectivity index (χ3v) is 5.50. The van der Waals surface area contributed by atoms with Crippen molar-refractivity contribution in [3.63, 3.8) is 0 Å². The normalized spacial score (nSPS) is 15.9. The van der Waals surface area contributed by atoms with Crippen LogP contribution in [0.2, 0.25) is 0 Å². The molecule has 1 aliphatic heterocycles. The molecular formula is C22H26N4O2. The fourth-order valence-electron chi connectivity index (χ4n) is 3.60. The van der Waals surface area contributed by atoms with Gasteiger partial charge in [0, 0.05) is 25.6 Å². The van der Waals surface area contributed by atoms with Gasteiger partial charge in [-0.25, -0.2) is 4.98 Å². The number of para-hydroxylation sites is 2. The lowest BCUT2D eigenvalue weighted by atomic mass is 9.97. The number of benzene rings is 2. The van der Waals surface area contributed by atoms with Crippen LogP contribution in [-0.2, 0) is 11.2 Å². The van der Waals surface area contributed by atoms with Gasteiger partial charge < -0.3 is 15.0 Å². The third kappa shape index (κ3) is 3.87. The minimum Gasteiger partial charge on any atom is -0.497 e. The molecule has 0 saturated carbocycles. The van der Waals surface area contributed by atoms with E-state index >= 15 is 0 Å². The second-order valence-electron chi connectivity index (χ2n) is 7.36. The van der Waals surface area contributed by atoms with Gasteiger partial charge in [0.1, 0.15) is 11.6 Å². The van der Waals surface area contributed by atoms with Gasteiger partial charge >= 0.3 is 0 Å². The fraction of sp³-hybridized carbons (Fsp3) is 0.364. The third-order valence-electron chi connectivity index (χ3n) is 5.50. The largest absolute Gasteiger partial charge is 0.497 e. The number of nitrogens with one attached hydrogen (secondary N) is 2. The van der Waals surface area contributed by atoms with E-state index in [1.54, 1.807) is 7.11 Å². The maximum absolute atomic E-state index is 12.5. The average molecular weight is 378 g/mol. The molecule has 6 heteroatoms. The van der Waals surface area contributed by atoms with Crippen LogP contribution in [0.15, 0.2) is 48.5 Å². The van der Waals surface area contributed by atoms with E-state index in [9.17, 15) is 4.79 Å². The van der Waals surface area contributed by atoms with E-state index in [4.69, 9.17) is 4.74 Å². The predicted molar refractivity (Wildman–Crippen MR) is 110 cm³/mol. The van der Waals surface area contributed by atoms with Crippen molar-refractivity contribution in [2.24, 2.45) is 0 Å². The van der Waals surface area contributed by atoms with Gasteiger partial charge in [-0.05, 0) is 43.2 Å². The van der Waals surface area contributed by atoms with Crippen LogP contribution in [0.25, 0.3) is 11.0 Å². The molecule has 2 heterocycles. The number of carbonyl (C=O) groups is 1. The van der Waals surface area contributed by atoms with Crippen LogP contribution in [0.1, 0.15) is 24.2 Å². The number of aromatic amines is 1. The summed E-state index contributed by atoms with van der Waals surface area (Å²) in [4.78, 5) is 22.7. The van der Waals surface area contributed by atoms with Gasteiger partial charge in [0.2, 0.25) is 5.91 Å². The summed E-state index contributed by atoms with van der Waals surface area (Å²) < 4.78 is 5.16. The van der Waals surface area contributed by atoms with E-state index in [0.29, 0.717) is 12.5 Å². The highest BCUT2D eigenvalue weighted by Crippen LogP contribution is 2.28. The highest BCUT2D eigenvalue weighted by atomic mass is 16.5. The molecule has 0 bridgehead atoms. The predicted octanol–water partition coefficient (Wildman–Crippen LogP) is 2.72. The molecule has 2 aromatic carbocycles. The van der Waals surface area contributed by atoms with Gasteiger partial charge in [0.05, 0.1) is 24.2 Å².